The van der Waals surface area contributed by atoms with Crippen LogP contribution in [-0.2, 0) is 11.3 Å². The minimum absolute atomic E-state index is 0.0167. The van der Waals surface area contributed by atoms with Crippen molar-refractivity contribution in [3.8, 4) is 5.75 Å². The lowest BCUT2D eigenvalue weighted by atomic mass is 9.59. The van der Waals surface area contributed by atoms with Gasteiger partial charge in [-0.05, 0) is 80.0 Å². The zero-order chi connectivity index (χ0) is 25.1. The molecule has 1 aliphatic heterocycles. The van der Waals surface area contributed by atoms with E-state index < -0.39 is 5.92 Å². The summed E-state index contributed by atoms with van der Waals surface area (Å²) in [4.78, 5) is 17.9. The molecule has 2 N–H and O–H groups in total. The quantitative estimate of drug-likeness (QED) is 0.408. The summed E-state index contributed by atoms with van der Waals surface area (Å²) < 4.78 is 33.8. The molecular weight excluding hydrogens is 460 g/mol. The lowest BCUT2D eigenvalue weighted by Gasteiger charge is -2.54. The first-order valence-corrected chi connectivity index (χ1v) is 12.9. The summed E-state index contributed by atoms with van der Waals surface area (Å²) in [6.07, 6.45) is 5.33. The van der Waals surface area contributed by atoms with Gasteiger partial charge in [-0.15, -0.1) is 0 Å². The molecule has 0 radical (unpaired) electrons. The fourth-order valence-corrected chi connectivity index (χ4v) is 6.43. The molecule has 5 nitrogen and oxygen atoms in total. The topological polar surface area (TPSA) is 57.4 Å². The summed E-state index contributed by atoms with van der Waals surface area (Å²) in [5.74, 6) is -1.46. The van der Waals surface area contributed by atoms with Gasteiger partial charge in [0.2, 0.25) is 11.8 Å². The van der Waals surface area contributed by atoms with Crippen LogP contribution in [0.1, 0.15) is 61.3 Å². The summed E-state index contributed by atoms with van der Waals surface area (Å²) in [6, 6.07) is 12.2. The second kappa shape index (κ2) is 8.58. The number of carbonyl (C=O) groups excluding carboxylic acids is 1. The van der Waals surface area contributed by atoms with Gasteiger partial charge in [0.15, 0.2) is 0 Å². The number of alkyl halides is 2. The number of nitrogens with one attached hydrogen (secondary N) is 2. The second-order valence-electron chi connectivity index (χ2n) is 11.2. The van der Waals surface area contributed by atoms with Gasteiger partial charge in [0.25, 0.3) is 0 Å². The van der Waals surface area contributed by atoms with Crippen LogP contribution in [0.5, 0.6) is 5.75 Å². The molecule has 6 rings (SSSR count). The normalized spacial score (nSPS) is 22.9. The number of H-pyrrole nitrogens is 1. The Morgan fingerprint density at radius 2 is 1.94 bits per heavy atom. The number of aryl methyl sites for hydroxylation is 1. The van der Waals surface area contributed by atoms with Crippen molar-refractivity contribution in [1.29, 1.82) is 0 Å². The van der Waals surface area contributed by atoms with Gasteiger partial charge in [-0.1, -0.05) is 12.1 Å². The number of hydrogen-bond acceptors (Lipinski definition) is 3. The van der Waals surface area contributed by atoms with Crippen LogP contribution in [0.3, 0.4) is 0 Å². The molecule has 3 fully saturated rings. The van der Waals surface area contributed by atoms with E-state index in [1.165, 1.54) is 0 Å². The van der Waals surface area contributed by atoms with Crippen LogP contribution >= 0.6 is 0 Å². The number of anilines is 1. The minimum Gasteiger partial charge on any atom is -0.496 e. The molecular formula is C29H33F2N3O2. The van der Waals surface area contributed by atoms with Crippen LogP contribution in [0.4, 0.5) is 14.5 Å². The first kappa shape index (κ1) is 23.5. The molecule has 0 bridgehead atoms. The van der Waals surface area contributed by atoms with Gasteiger partial charge < -0.3 is 15.0 Å². The Morgan fingerprint density at radius 3 is 2.61 bits per heavy atom. The van der Waals surface area contributed by atoms with Crippen molar-refractivity contribution in [3.63, 3.8) is 0 Å². The zero-order valence-corrected chi connectivity index (χ0v) is 20.9. The average Bonchev–Trinajstić information content (AvgIpc) is 3.57. The molecule has 1 aromatic heterocycles. The van der Waals surface area contributed by atoms with Gasteiger partial charge in [-0.25, -0.2) is 8.78 Å². The number of ether oxygens (including phenoxy) is 1. The number of aromatic amines is 1. The van der Waals surface area contributed by atoms with E-state index in [0.29, 0.717) is 13.0 Å². The Balaban J connectivity index is 1.30. The van der Waals surface area contributed by atoms with Gasteiger partial charge in [-0.2, -0.15) is 0 Å². The molecule has 190 valence electrons. The van der Waals surface area contributed by atoms with Crippen LogP contribution in [-0.4, -0.2) is 35.4 Å². The van der Waals surface area contributed by atoms with Crippen LogP contribution in [0, 0.1) is 18.3 Å². The van der Waals surface area contributed by atoms with Gasteiger partial charge >= 0.3 is 0 Å². The largest absolute Gasteiger partial charge is 0.496 e. The van der Waals surface area contributed by atoms with Gasteiger partial charge in [0, 0.05) is 59.7 Å². The number of amides is 1. The molecule has 2 heterocycles. The molecule has 1 atom stereocenters. The zero-order valence-electron chi connectivity index (χ0n) is 20.9. The number of aromatic nitrogens is 1. The molecule has 36 heavy (non-hydrogen) atoms. The molecule has 3 aromatic rings. The highest BCUT2D eigenvalue weighted by Gasteiger charge is 2.58. The van der Waals surface area contributed by atoms with Crippen LogP contribution < -0.4 is 10.1 Å². The van der Waals surface area contributed by atoms with Crippen molar-refractivity contribution in [1.82, 2.24) is 9.88 Å². The van der Waals surface area contributed by atoms with Crippen LogP contribution in [0.25, 0.3) is 10.9 Å². The number of methoxy groups -OCH3 is 1. The number of carbonyl (C=O) groups is 1. The Kier molecular flexibility index (Phi) is 5.59. The van der Waals surface area contributed by atoms with Crippen LogP contribution in [0.15, 0.2) is 42.6 Å². The Bertz CT molecular complexity index is 1290. The summed E-state index contributed by atoms with van der Waals surface area (Å²) in [6.45, 7) is 3.50. The average molecular weight is 494 g/mol. The fourth-order valence-electron chi connectivity index (χ4n) is 6.43. The van der Waals surface area contributed by atoms with Crippen molar-refractivity contribution in [2.45, 2.75) is 64.0 Å². The Hall–Kier alpha value is -2.93. The lowest BCUT2D eigenvalue weighted by molar-refractivity contribution is -0.186. The highest BCUT2D eigenvalue weighted by molar-refractivity contribution is 5.94. The highest BCUT2D eigenvalue weighted by atomic mass is 19.3. The summed E-state index contributed by atoms with van der Waals surface area (Å²) >= 11 is 0. The molecule has 7 heteroatoms. The summed E-state index contributed by atoms with van der Waals surface area (Å²) in [5.41, 5.74) is 4.94. The van der Waals surface area contributed by atoms with E-state index in [1.807, 2.05) is 30.5 Å². The van der Waals surface area contributed by atoms with Crippen molar-refractivity contribution >= 4 is 22.5 Å². The monoisotopic (exact) mass is 493 g/mol. The second-order valence-corrected chi connectivity index (χ2v) is 11.2. The molecule has 2 aliphatic carbocycles. The van der Waals surface area contributed by atoms with Crippen molar-refractivity contribution in [3.05, 3.63) is 59.3 Å². The third kappa shape index (κ3) is 4.27. The number of halogens is 2. The third-order valence-electron chi connectivity index (χ3n) is 8.47. The standard InChI is InChI=1S/C29H33F2N3O2/c1-18-13-25(36-2)23(22-9-11-32-26(18)22)15-34-12-10-28(16-29(30,31)17-28)14-24(34)19-5-7-21(8-6-19)33-27(35)20-3-4-20/h5-9,11,13,20,24,32H,3-4,10,12,14-17H2,1-2H3,(H,33,35)/t24-/m0/s1. The van der Waals surface area contributed by atoms with Crippen molar-refractivity contribution in [2.75, 3.05) is 19.0 Å². The van der Waals surface area contributed by atoms with E-state index >= 15 is 0 Å². The number of hydrogen-bond donors (Lipinski definition) is 2. The number of benzene rings is 2. The SMILES string of the molecule is COc1cc(C)c2[nH]ccc2c1CN1CCC2(C[C@H]1c1ccc(NC(=O)C3CC3)cc1)CC(F)(F)C2. The van der Waals surface area contributed by atoms with E-state index in [0.717, 1.165) is 64.8 Å². The number of nitrogens with zero attached hydrogens (tertiary/aromatic N) is 1. The van der Waals surface area contributed by atoms with E-state index in [4.69, 9.17) is 4.74 Å². The van der Waals surface area contributed by atoms with Gasteiger partial charge in [0.05, 0.1) is 7.11 Å². The molecule has 1 spiro atoms. The van der Waals surface area contributed by atoms with E-state index in [9.17, 15) is 13.6 Å². The number of likely N-dealkylation sites (tertiary alicyclic amines) is 1. The molecule has 0 unspecified atom stereocenters. The first-order chi connectivity index (χ1) is 17.3. The lowest BCUT2D eigenvalue weighted by Crippen LogP contribution is -2.53. The van der Waals surface area contributed by atoms with Gasteiger partial charge in [-0.3, -0.25) is 9.69 Å². The summed E-state index contributed by atoms with van der Waals surface area (Å²) in [5, 5.41) is 4.14. The maximum atomic E-state index is 14.0. The third-order valence-corrected chi connectivity index (χ3v) is 8.47. The fraction of sp³-hybridized carbons (Fsp3) is 0.483. The summed E-state index contributed by atoms with van der Waals surface area (Å²) in [7, 11) is 1.70. The molecule has 1 amide bonds. The Labute approximate surface area is 210 Å². The van der Waals surface area contributed by atoms with E-state index in [-0.39, 0.29) is 36.1 Å². The first-order valence-electron chi connectivity index (χ1n) is 12.9. The number of fused-ring (bicyclic) bond motifs is 1. The van der Waals surface area contributed by atoms with E-state index in [1.54, 1.807) is 7.11 Å². The highest BCUT2D eigenvalue weighted by Crippen LogP contribution is 2.60. The minimum atomic E-state index is -2.54. The van der Waals surface area contributed by atoms with Gasteiger partial charge in [0.1, 0.15) is 5.75 Å². The maximum Gasteiger partial charge on any atom is 0.249 e. The molecule has 2 aromatic carbocycles. The number of piperidine rings is 1. The number of rotatable bonds is 6. The van der Waals surface area contributed by atoms with Crippen molar-refractivity contribution in [2.24, 2.45) is 11.3 Å². The molecule has 3 aliphatic rings. The van der Waals surface area contributed by atoms with E-state index in [2.05, 4.69) is 34.3 Å². The molecule has 1 saturated heterocycles. The smallest absolute Gasteiger partial charge is 0.249 e. The predicted molar refractivity (Wildman–Crippen MR) is 136 cm³/mol. The molecule has 2 saturated carbocycles. The van der Waals surface area contributed by atoms with Crippen LogP contribution in [0.2, 0.25) is 0 Å². The maximum absolute atomic E-state index is 14.0. The predicted octanol–water partition coefficient (Wildman–Crippen LogP) is 6.59. The Morgan fingerprint density at radius 1 is 1.19 bits per heavy atom. The van der Waals surface area contributed by atoms with Crippen molar-refractivity contribution < 1.29 is 18.3 Å².